The van der Waals surface area contributed by atoms with E-state index >= 15 is 0 Å². The molecule has 0 saturated carbocycles. The number of nitrogens with one attached hydrogen (secondary N) is 1. The van der Waals surface area contributed by atoms with Gasteiger partial charge in [-0.3, -0.25) is 9.69 Å². The van der Waals surface area contributed by atoms with Gasteiger partial charge in [0.2, 0.25) is 0 Å². The average molecular weight is 342 g/mol. The maximum absolute atomic E-state index is 12.2. The first-order valence-electron chi connectivity index (χ1n) is 8.87. The Hall–Kier alpha value is -2.27. The molecule has 1 aromatic heterocycles. The molecule has 5 heteroatoms. The SMILES string of the molecule is Cc1ccc(C)c(OCC(=O)NCC(c2ccco2)N2CCCC2)c1. The molecule has 0 bridgehead atoms. The molecule has 3 rings (SSSR count). The van der Waals surface area contributed by atoms with Gasteiger partial charge in [-0.05, 0) is 69.1 Å². The smallest absolute Gasteiger partial charge is 0.258 e. The van der Waals surface area contributed by atoms with Gasteiger partial charge in [-0.15, -0.1) is 0 Å². The summed E-state index contributed by atoms with van der Waals surface area (Å²) in [5.74, 6) is 1.55. The molecule has 1 aliphatic rings. The second kappa shape index (κ2) is 8.21. The molecular weight excluding hydrogens is 316 g/mol. The van der Waals surface area contributed by atoms with Gasteiger partial charge in [-0.25, -0.2) is 0 Å². The van der Waals surface area contributed by atoms with Gasteiger partial charge in [-0.1, -0.05) is 12.1 Å². The first-order chi connectivity index (χ1) is 12.1. The molecule has 1 amide bonds. The number of likely N-dealkylation sites (tertiary alicyclic amines) is 1. The monoisotopic (exact) mass is 342 g/mol. The Kier molecular flexibility index (Phi) is 5.76. The zero-order valence-corrected chi connectivity index (χ0v) is 15.0. The van der Waals surface area contributed by atoms with Crippen LogP contribution >= 0.6 is 0 Å². The number of aryl methyl sites for hydroxylation is 2. The van der Waals surface area contributed by atoms with Crippen molar-refractivity contribution in [2.24, 2.45) is 0 Å². The lowest BCUT2D eigenvalue weighted by molar-refractivity contribution is -0.123. The second-order valence-corrected chi connectivity index (χ2v) is 6.64. The van der Waals surface area contributed by atoms with E-state index in [-0.39, 0.29) is 18.6 Å². The van der Waals surface area contributed by atoms with Crippen LogP contribution in [0.4, 0.5) is 0 Å². The predicted octanol–water partition coefficient (Wildman–Crippen LogP) is 3.23. The summed E-state index contributed by atoms with van der Waals surface area (Å²) in [5.41, 5.74) is 2.15. The molecule has 134 valence electrons. The van der Waals surface area contributed by atoms with Crippen molar-refractivity contribution in [3.8, 4) is 5.75 Å². The molecule has 0 aliphatic carbocycles. The number of nitrogens with zero attached hydrogens (tertiary/aromatic N) is 1. The van der Waals surface area contributed by atoms with Gasteiger partial charge in [0, 0.05) is 6.54 Å². The van der Waals surface area contributed by atoms with Crippen LogP contribution in [0.1, 0.15) is 35.8 Å². The first-order valence-corrected chi connectivity index (χ1v) is 8.87. The van der Waals surface area contributed by atoms with Gasteiger partial charge >= 0.3 is 0 Å². The molecule has 1 fully saturated rings. The van der Waals surface area contributed by atoms with E-state index in [1.54, 1.807) is 6.26 Å². The Bertz CT molecular complexity index is 691. The van der Waals surface area contributed by atoms with Crippen molar-refractivity contribution in [3.63, 3.8) is 0 Å². The van der Waals surface area contributed by atoms with Crippen LogP contribution < -0.4 is 10.1 Å². The summed E-state index contributed by atoms with van der Waals surface area (Å²) < 4.78 is 11.3. The van der Waals surface area contributed by atoms with Crippen molar-refractivity contribution < 1.29 is 13.9 Å². The highest BCUT2D eigenvalue weighted by atomic mass is 16.5. The van der Waals surface area contributed by atoms with Crippen LogP contribution in [0.3, 0.4) is 0 Å². The van der Waals surface area contributed by atoms with E-state index in [2.05, 4.69) is 10.2 Å². The fourth-order valence-electron chi connectivity index (χ4n) is 3.21. The van der Waals surface area contributed by atoms with Gasteiger partial charge in [-0.2, -0.15) is 0 Å². The topological polar surface area (TPSA) is 54.7 Å². The molecule has 1 saturated heterocycles. The minimum Gasteiger partial charge on any atom is -0.483 e. The number of benzene rings is 1. The maximum Gasteiger partial charge on any atom is 0.258 e. The lowest BCUT2D eigenvalue weighted by atomic mass is 10.1. The standard InChI is InChI=1S/C20H26N2O3/c1-15-7-8-16(2)19(12-15)25-14-20(23)21-13-17(18-6-5-11-24-18)22-9-3-4-10-22/h5-8,11-12,17H,3-4,9-10,13-14H2,1-2H3,(H,21,23). The molecule has 0 radical (unpaired) electrons. The highest BCUT2D eigenvalue weighted by molar-refractivity contribution is 5.77. The summed E-state index contributed by atoms with van der Waals surface area (Å²) in [6.07, 6.45) is 4.08. The van der Waals surface area contributed by atoms with Crippen LogP contribution in [0.2, 0.25) is 0 Å². The molecule has 2 aromatic rings. The number of hydrogen-bond acceptors (Lipinski definition) is 4. The number of furan rings is 1. The van der Waals surface area contributed by atoms with Crippen LogP contribution in [-0.4, -0.2) is 37.0 Å². The van der Waals surface area contributed by atoms with Crippen LogP contribution in [0.5, 0.6) is 5.75 Å². The number of hydrogen-bond donors (Lipinski definition) is 1. The van der Waals surface area contributed by atoms with E-state index < -0.39 is 0 Å². The van der Waals surface area contributed by atoms with Crippen LogP contribution in [0.25, 0.3) is 0 Å². The Morgan fingerprint density at radius 2 is 2.08 bits per heavy atom. The number of carbonyl (C=O) groups is 1. The van der Waals surface area contributed by atoms with E-state index in [1.165, 1.54) is 12.8 Å². The Morgan fingerprint density at radius 1 is 1.28 bits per heavy atom. The third-order valence-electron chi connectivity index (χ3n) is 4.65. The molecule has 1 N–H and O–H groups in total. The Labute approximate surface area is 149 Å². The van der Waals surface area contributed by atoms with Crippen LogP contribution in [-0.2, 0) is 4.79 Å². The minimum absolute atomic E-state index is 0.0230. The van der Waals surface area contributed by atoms with Gasteiger partial charge in [0.05, 0.1) is 12.3 Å². The Morgan fingerprint density at radius 3 is 2.80 bits per heavy atom. The molecule has 1 unspecified atom stereocenters. The summed E-state index contributed by atoms with van der Waals surface area (Å²) in [5, 5.41) is 2.99. The fraction of sp³-hybridized carbons (Fsp3) is 0.450. The molecule has 1 aromatic carbocycles. The number of amides is 1. The summed E-state index contributed by atoms with van der Waals surface area (Å²) in [7, 11) is 0. The van der Waals surface area contributed by atoms with Crippen molar-refractivity contribution in [2.75, 3.05) is 26.2 Å². The third kappa shape index (κ3) is 4.63. The van der Waals surface area contributed by atoms with Crippen molar-refractivity contribution in [3.05, 3.63) is 53.5 Å². The van der Waals surface area contributed by atoms with Gasteiger partial charge in [0.15, 0.2) is 6.61 Å². The predicted molar refractivity (Wildman–Crippen MR) is 96.7 cm³/mol. The van der Waals surface area contributed by atoms with Crippen LogP contribution in [0, 0.1) is 13.8 Å². The van der Waals surface area contributed by atoms with Gasteiger partial charge in [0.25, 0.3) is 5.91 Å². The molecular formula is C20H26N2O3. The molecule has 25 heavy (non-hydrogen) atoms. The lowest BCUT2D eigenvalue weighted by Crippen LogP contribution is -2.38. The number of rotatable bonds is 7. The zero-order chi connectivity index (χ0) is 17.6. The third-order valence-corrected chi connectivity index (χ3v) is 4.65. The maximum atomic E-state index is 12.2. The summed E-state index contributed by atoms with van der Waals surface area (Å²) in [6, 6.07) is 9.95. The lowest BCUT2D eigenvalue weighted by Gasteiger charge is -2.26. The molecule has 1 aliphatic heterocycles. The van der Waals surface area contributed by atoms with Gasteiger partial charge in [0.1, 0.15) is 11.5 Å². The van der Waals surface area contributed by atoms with E-state index in [0.29, 0.717) is 6.54 Å². The van der Waals surface area contributed by atoms with Crippen molar-refractivity contribution >= 4 is 5.91 Å². The molecule has 2 heterocycles. The van der Waals surface area contributed by atoms with Crippen molar-refractivity contribution in [1.82, 2.24) is 10.2 Å². The number of ether oxygens (including phenoxy) is 1. The second-order valence-electron chi connectivity index (χ2n) is 6.64. The number of carbonyl (C=O) groups excluding carboxylic acids is 1. The summed E-state index contributed by atoms with van der Waals surface area (Å²) in [6.45, 7) is 6.63. The fourth-order valence-corrected chi connectivity index (χ4v) is 3.21. The largest absolute Gasteiger partial charge is 0.483 e. The molecule has 1 atom stereocenters. The van der Waals surface area contributed by atoms with Crippen molar-refractivity contribution in [2.45, 2.75) is 32.7 Å². The minimum atomic E-state index is -0.114. The normalized spacial score (nSPS) is 15.9. The summed E-state index contributed by atoms with van der Waals surface area (Å²) >= 11 is 0. The highest BCUT2D eigenvalue weighted by Crippen LogP contribution is 2.25. The van der Waals surface area contributed by atoms with E-state index in [1.807, 2.05) is 44.2 Å². The van der Waals surface area contributed by atoms with E-state index in [0.717, 1.165) is 35.7 Å². The Balaban J connectivity index is 1.53. The van der Waals surface area contributed by atoms with Crippen LogP contribution in [0.15, 0.2) is 41.0 Å². The first kappa shape index (κ1) is 17.5. The van der Waals surface area contributed by atoms with E-state index in [4.69, 9.17) is 9.15 Å². The van der Waals surface area contributed by atoms with Gasteiger partial charge < -0.3 is 14.5 Å². The molecule has 0 spiro atoms. The zero-order valence-electron chi connectivity index (χ0n) is 15.0. The van der Waals surface area contributed by atoms with Crippen molar-refractivity contribution in [1.29, 1.82) is 0 Å². The molecule has 5 nitrogen and oxygen atoms in total. The highest BCUT2D eigenvalue weighted by Gasteiger charge is 2.25. The quantitative estimate of drug-likeness (QED) is 0.839. The van der Waals surface area contributed by atoms with E-state index in [9.17, 15) is 4.79 Å². The average Bonchev–Trinajstić information content (AvgIpc) is 3.30. The summed E-state index contributed by atoms with van der Waals surface area (Å²) in [4.78, 5) is 14.6.